The summed E-state index contributed by atoms with van der Waals surface area (Å²) in [5.41, 5.74) is 5.51. The van der Waals surface area contributed by atoms with E-state index in [1.807, 2.05) is 18.7 Å². The van der Waals surface area contributed by atoms with Gasteiger partial charge in [-0.2, -0.15) is 11.8 Å². The zero-order valence-corrected chi connectivity index (χ0v) is 7.16. The van der Waals surface area contributed by atoms with Gasteiger partial charge in [-0.05, 0) is 30.8 Å². The second-order valence-electron chi connectivity index (χ2n) is 3.22. The molecule has 1 rings (SSSR count). The Morgan fingerprint density at radius 2 is 2.50 bits per heavy atom. The van der Waals surface area contributed by atoms with E-state index < -0.39 is 0 Å². The molecular formula is C7H15NOS. The molecule has 0 saturated carbocycles. The first-order valence-corrected chi connectivity index (χ1v) is 4.80. The number of hydrogen-bond acceptors (Lipinski definition) is 3. The molecule has 1 aliphatic heterocycles. The van der Waals surface area contributed by atoms with Gasteiger partial charge in [0.1, 0.15) is 0 Å². The molecule has 1 heterocycles. The Kier molecular flexibility index (Phi) is 2.61. The molecule has 3 N–H and O–H groups in total. The summed E-state index contributed by atoms with van der Waals surface area (Å²) < 4.78 is 0. The van der Waals surface area contributed by atoms with Gasteiger partial charge >= 0.3 is 0 Å². The molecule has 2 nitrogen and oxygen atoms in total. The summed E-state index contributed by atoms with van der Waals surface area (Å²) in [6, 6.07) is 0. The first kappa shape index (κ1) is 8.37. The Morgan fingerprint density at radius 1 is 1.80 bits per heavy atom. The van der Waals surface area contributed by atoms with Gasteiger partial charge in [0.05, 0.1) is 6.61 Å². The summed E-state index contributed by atoms with van der Waals surface area (Å²) in [7, 11) is 0. The van der Waals surface area contributed by atoms with E-state index in [1.54, 1.807) is 0 Å². The van der Waals surface area contributed by atoms with Crippen LogP contribution in [0.4, 0.5) is 0 Å². The number of nitrogens with two attached hydrogens (primary N) is 1. The second-order valence-corrected chi connectivity index (χ2v) is 4.37. The van der Waals surface area contributed by atoms with Crippen LogP contribution in [0.15, 0.2) is 0 Å². The van der Waals surface area contributed by atoms with E-state index in [2.05, 4.69) is 0 Å². The summed E-state index contributed by atoms with van der Waals surface area (Å²) in [6.45, 7) is 2.04. The number of rotatable bonds is 2. The molecule has 0 aliphatic carbocycles. The largest absolute Gasteiger partial charge is 0.394 e. The SMILES string of the molecule is CC(N)(CO)C1CCSC1. The summed E-state index contributed by atoms with van der Waals surface area (Å²) >= 11 is 1.93. The minimum absolute atomic E-state index is 0.109. The zero-order chi connectivity index (χ0) is 7.61. The van der Waals surface area contributed by atoms with Crippen molar-refractivity contribution in [2.75, 3.05) is 18.1 Å². The molecule has 0 spiro atoms. The molecular weight excluding hydrogens is 146 g/mol. The van der Waals surface area contributed by atoms with Crippen LogP contribution >= 0.6 is 11.8 Å². The summed E-state index contributed by atoms with van der Waals surface area (Å²) in [6.07, 6.45) is 1.16. The van der Waals surface area contributed by atoms with E-state index in [4.69, 9.17) is 10.8 Å². The van der Waals surface area contributed by atoms with Crippen molar-refractivity contribution in [1.82, 2.24) is 0 Å². The topological polar surface area (TPSA) is 46.2 Å². The van der Waals surface area contributed by atoms with Gasteiger partial charge in [0.15, 0.2) is 0 Å². The van der Waals surface area contributed by atoms with E-state index in [0.717, 1.165) is 12.2 Å². The Morgan fingerprint density at radius 3 is 2.90 bits per heavy atom. The van der Waals surface area contributed by atoms with E-state index in [-0.39, 0.29) is 12.1 Å². The Hall–Kier alpha value is 0.270. The summed E-state index contributed by atoms with van der Waals surface area (Å²) in [5, 5.41) is 8.92. The Labute approximate surface area is 66.2 Å². The highest BCUT2D eigenvalue weighted by atomic mass is 32.2. The van der Waals surface area contributed by atoms with Crippen LogP contribution in [0.25, 0.3) is 0 Å². The first-order valence-electron chi connectivity index (χ1n) is 3.64. The molecule has 2 unspecified atom stereocenters. The third-order valence-electron chi connectivity index (χ3n) is 2.20. The molecule has 0 aromatic rings. The molecule has 3 heteroatoms. The summed E-state index contributed by atoms with van der Waals surface area (Å²) in [5.74, 6) is 2.84. The van der Waals surface area contributed by atoms with Crippen LogP contribution < -0.4 is 5.73 Å². The number of aliphatic hydroxyl groups is 1. The summed E-state index contributed by atoms with van der Waals surface area (Å²) in [4.78, 5) is 0. The minimum Gasteiger partial charge on any atom is -0.394 e. The van der Waals surface area contributed by atoms with Crippen LogP contribution in [-0.2, 0) is 0 Å². The third-order valence-corrected chi connectivity index (χ3v) is 3.37. The molecule has 10 heavy (non-hydrogen) atoms. The molecule has 0 aromatic heterocycles. The average molecular weight is 161 g/mol. The molecule has 60 valence electrons. The second kappa shape index (κ2) is 3.11. The van der Waals surface area contributed by atoms with Crippen molar-refractivity contribution in [3.63, 3.8) is 0 Å². The van der Waals surface area contributed by atoms with Crippen molar-refractivity contribution in [3.8, 4) is 0 Å². The Balaban J connectivity index is 2.45. The van der Waals surface area contributed by atoms with Gasteiger partial charge in [-0.15, -0.1) is 0 Å². The van der Waals surface area contributed by atoms with Gasteiger partial charge < -0.3 is 10.8 Å². The highest BCUT2D eigenvalue weighted by molar-refractivity contribution is 7.99. The maximum Gasteiger partial charge on any atom is 0.0611 e. The molecule has 1 fully saturated rings. The van der Waals surface area contributed by atoms with Gasteiger partial charge in [0.25, 0.3) is 0 Å². The van der Waals surface area contributed by atoms with Crippen LogP contribution in [-0.4, -0.2) is 28.8 Å². The molecule has 0 amide bonds. The maximum absolute atomic E-state index is 8.92. The molecule has 2 atom stereocenters. The van der Waals surface area contributed by atoms with Crippen molar-refractivity contribution < 1.29 is 5.11 Å². The highest BCUT2D eigenvalue weighted by Gasteiger charge is 2.31. The quantitative estimate of drug-likeness (QED) is 0.618. The average Bonchev–Trinajstić information content (AvgIpc) is 2.38. The number of hydrogen-bond donors (Lipinski definition) is 2. The predicted molar refractivity (Wildman–Crippen MR) is 45.1 cm³/mol. The lowest BCUT2D eigenvalue weighted by molar-refractivity contribution is 0.165. The van der Waals surface area contributed by atoms with Crippen LogP contribution in [0.2, 0.25) is 0 Å². The monoisotopic (exact) mass is 161 g/mol. The highest BCUT2D eigenvalue weighted by Crippen LogP contribution is 2.30. The van der Waals surface area contributed by atoms with E-state index in [0.29, 0.717) is 5.92 Å². The number of thioether (sulfide) groups is 1. The van der Waals surface area contributed by atoms with Crippen LogP contribution in [0, 0.1) is 5.92 Å². The Bertz CT molecular complexity index is 110. The van der Waals surface area contributed by atoms with Crippen molar-refractivity contribution in [2.45, 2.75) is 18.9 Å². The normalized spacial score (nSPS) is 32.1. The van der Waals surface area contributed by atoms with Gasteiger partial charge in [-0.25, -0.2) is 0 Å². The van der Waals surface area contributed by atoms with Gasteiger partial charge in [0, 0.05) is 5.54 Å². The van der Waals surface area contributed by atoms with Crippen molar-refractivity contribution >= 4 is 11.8 Å². The van der Waals surface area contributed by atoms with E-state index in [9.17, 15) is 0 Å². The van der Waals surface area contributed by atoms with Crippen molar-refractivity contribution in [1.29, 1.82) is 0 Å². The standard InChI is InChI=1S/C7H15NOS/c1-7(8,5-9)6-2-3-10-4-6/h6,9H,2-5,8H2,1H3. The smallest absolute Gasteiger partial charge is 0.0611 e. The lowest BCUT2D eigenvalue weighted by atomic mass is 9.87. The van der Waals surface area contributed by atoms with E-state index in [1.165, 1.54) is 5.75 Å². The first-order chi connectivity index (χ1) is 4.67. The fourth-order valence-electron chi connectivity index (χ4n) is 1.18. The predicted octanol–water partition coefficient (Wildman–Crippen LogP) is 0.449. The van der Waals surface area contributed by atoms with Gasteiger partial charge in [-0.1, -0.05) is 0 Å². The van der Waals surface area contributed by atoms with Gasteiger partial charge in [-0.3, -0.25) is 0 Å². The van der Waals surface area contributed by atoms with Crippen LogP contribution in [0.3, 0.4) is 0 Å². The molecule has 0 radical (unpaired) electrons. The lowest BCUT2D eigenvalue weighted by Gasteiger charge is -2.28. The van der Waals surface area contributed by atoms with Crippen molar-refractivity contribution in [2.24, 2.45) is 11.7 Å². The number of aliphatic hydroxyl groups excluding tert-OH is 1. The van der Waals surface area contributed by atoms with E-state index >= 15 is 0 Å². The zero-order valence-electron chi connectivity index (χ0n) is 6.34. The van der Waals surface area contributed by atoms with Crippen LogP contribution in [0.5, 0.6) is 0 Å². The molecule has 0 bridgehead atoms. The van der Waals surface area contributed by atoms with Crippen molar-refractivity contribution in [3.05, 3.63) is 0 Å². The molecule has 1 aliphatic rings. The maximum atomic E-state index is 8.92. The fraction of sp³-hybridized carbons (Fsp3) is 1.00. The minimum atomic E-state index is -0.344. The van der Waals surface area contributed by atoms with Gasteiger partial charge in [0.2, 0.25) is 0 Å². The molecule has 1 saturated heterocycles. The third kappa shape index (κ3) is 1.65. The lowest BCUT2D eigenvalue weighted by Crippen LogP contribution is -2.47. The van der Waals surface area contributed by atoms with Crippen LogP contribution in [0.1, 0.15) is 13.3 Å². The molecule has 0 aromatic carbocycles. The fourth-order valence-corrected chi connectivity index (χ4v) is 2.63.